The Hall–Kier alpha value is -2.70. The van der Waals surface area contributed by atoms with Gasteiger partial charge in [-0.05, 0) is 12.1 Å². The van der Waals surface area contributed by atoms with Crippen molar-refractivity contribution in [3.05, 3.63) is 36.2 Å². The molecule has 2 rings (SSSR count). The summed E-state index contributed by atoms with van der Waals surface area (Å²) in [6.07, 6.45) is 0.166. The van der Waals surface area contributed by atoms with Gasteiger partial charge in [-0.25, -0.2) is 0 Å². The number of benzene rings is 1. The van der Waals surface area contributed by atoms with Gasteiger partial charge in [-0.3, -0.25) is 4.79 Å². The van der Waals surface area contributed by atoms with Gasteiger partial charge in [0, 0.05) is 12.1 Å². The van der Waals surface area contributed by atoms with E-state index in [0.29, 0.717) is 11.8 Å². The Morgan fingerprint density at radius 1 is 1.21 bits per heavy atom. The summed E-state index contributed by atoms with van der Waals surface area (Å²) in [4.78, 5) is 22.5. The second-order valence-corrected chi connectivity index (χ2v) is 3.82. The van der Waals surface area contributed by atoms with E-state index >= 15 is 0 Å². The monoisotopic (exact) mass is 259 g/mol. The van der Waals surface area contributed by atoms with Crippen molar-refractivity contribution in [3.8, 4) is 0 Å². The van der Waals surface area contributed by atoms with Crippen LogP contribution in [0.15, 0.2) is 30.3 Å². The normalized spacial score (nSPS) is 10.1. The molecule has 0 saturated heterocycles. The molecular formula is C12H13N5O2. The van der Waals surface area contributed by atoms with Crippen LogP contribution >= 0.6 is 0 Å². The molecule has 0 aliphatic rings. The molecule has 98 valence electrons. The SMILES string of the molecule is Nc1nc(CCC(=O)O)nc(Nc2ccccc2)n1. The molecule has 0 fully saturated rings. The van der Waals surface area contributed by atoms with Gasteiger partial charge in [0.2, 0.25) is 11.9 Å². The standard InChI is InChI=1S/C12H13N5O2/c13-11-15-9(6-7-10(18)19)16-12(17-11)14-8-4-2-1-3-5-8/h1-5H,6-7H2,(H,18,19)(H3,13,14,15,16,17). The van der Waals surface area contributed by atoms with Gasteiger partial charge >= 0.3 is 5.97 Å². The van der Waals surface area contributed by atoms with E-state index in [2.05, 4.69) is 20.3 Å². The first-order chi connectivity index (χ1) is 9.13. The number of nitrogens with one attached hydrogen (secondary N) is 1. The summed E-state index contributed by atoms with van der Waals surface area (Å²) in [5.74, 6) is -0.183. The van der Waals surface area contributed by atoms with Crippen molar-refractivity contribution in [2.45, 2.75) is 12.8 Å². The van der Waals surface area contributed by atoms with Crippen LogP contribution in [0.4, 0.5) is 17.6 Å². The van der Waals surface area contributed by atoms with E-state index in [1.54, 1.807) is 0 Å². The number of hydrogen-bond acceptors (Lipinski definition) is 6. The minimum absolute atomic E-state index is 0.0474. The Labute approximate surface area is 109 Å². The topological polar surface area (TPSA) is 114 Å². The highest BCUT2D eigenvalue weighted by molar-refractivity contribution is 5.66. The lowest BCUT2D eigenvalue weighted by Gasteiger charge is -2.06. The van der Waals surface area contributed by atoms with Crippen LogP contribution in [0, 0.1) is 0 Å². The zero-order valence-corrected chi connectivity index (χ0v) is 10.1. The summed E-state index contributed by atoms with van der Waals surface area (Å²) in [6, 6.07) is 9.36. The number of hydrogen-bond donors (Lipinski definition) is 3. The smallest absolute Gasteiger partial charge is 0.303 e. The molecule has 0 aliphatic heterocycles. The van der Waals surface area contributed by atoms with Crippen molar-refractivity contribution in [3.63, 3.8) is 0 Å². The van der Waals surface area contributed by atoms with E-state index in [1.807, 2.05) is 30.3 Å². The second-order valence-electron chi connectivity index (χ2n) is 3.82. The average Bonchev–Trinajstić information content (AvgIpc) is 2.37. The van der Waals surface area contributed by atoms with E-state index in [1.165, 1.54) is 0 Å². The number of aliphatic carboxylic acids is 1. The summed E-state index contributed by atoms with van der Waals surface area (Å²) in [7, 11) is 0. The predicted octanol–water partition coefficient (Wildman–Crippen LogP) is 1.21. The van der Waals surface area contributed by atoms with E-state index in [4.69, 9.17) is 10.8 Å². The highest BCUT2D eigenvalue weighted by Gasteiger charge is 2.07. The molecule has 1 heterocycles. The molecule has 0 spiro atoms. The molecule has 4 N–H and O–H groups in total. The van der Waals surface area contributed by atoms with Crippen LogP contribution in [0.2, 0.25) is 0 Å². The first kappa shape index (κ1) is 12.7. The molecule has 0 amide bonds. The number of anilines is 3. The van der Waals surface area contributed by atoms with E-state index in [0.717, 1.165) is 5.69 Å². The van der Waals surface area contributed by atoms with Gasteiger partial charge in [0.1, 0.15) is 5.82 Å². The highest BCUT2D eigenvalue weighted by atomic mass is 16.4. The number of rotatable bonds is 5. The number of aryl methyl sites for hydroxylation is 1. The number of nitrogens with zero attached hydrogens (tertiary/aromatic N) is 3. The van der Waals surface area contributed by atoms with Crippen LogP contribution in [0.25, 0.3) is 0 Å². The van der Waals surface area contributed by atoms with E-state index < -0.39 is 5.97 Å². The largest absolute Gasteiger partial charge is 0.481 e. The molecule has 0 radical (unpaired) electrons. The van der Waals surface area contributed by atoms with Gasteiger partial charge < -0.3 is 16.2 Å². The Balaban J connectivity index is 2.14. The number of para-hydroxylation sites is 1. The lowest BCUT2D eigenvalue weighted by Crippen LogP contribution is -2.08. The summed E-state index contributed by atoms with van der Waals surface area (Å²) in [5, 5.41) is 11.6. The first-order valence-corrected chi connectivity index (χ1v) is 5.68. The van der Waals surface area contributed by atoms with Gasteiger partial charge in [-0.2, -0.15) is 15.0 Å². The second kappa shape index (κ2) is 5.76. The number of nitrogen functional groups attached to an aromatic ring is 1. The summed E-state index contributed by atoms with van der Waals surface area (Å²) >= 11 is 0. The molecular weight excluding hydrogens is 246 g/mol. The Bertz CT molecular complexity index is 574. The van der Waals surface area contributed by atoms with Gasteiger partial charge in [0.15, 0.2) is 0 Å². The van der Waals surface area contributed by atoms with Crippen LogP contribution in [-0.4, -0.2) is 26.0 Å². The van der Waals surface area contributed by atoms with E-state index in [9.17, 15) is 4.79 Å². The molecule has 19 heavy (non-hydrogen) atoms. The summed E-state index contributed by atoms with van der Waals surface area (Å²) in [5.41, 5.74) is 6.39. The Morgan fingerprint density at radius 2 is 1.95 bits per heavy atom. The maximum absolute atomic E-state index is 10.5. The van der Waals surface area contributed by atoms with Crippen LogP contribution in [-0.2, 0) is 11.2 Å². The van der Waals surface area contributed by atoms with Crippen LogP contribution in [0.3, 0.4) is 0 Å². The minimum atomic E-state index is -0.906. The lowest BCUT2D eigenvalue weighted by atomic mass is 10.3. The third-order valence-corrected chi connectivity index (χ3v) is 2.29. The molecule has 0 atom stereocenters. The molecule has 2 aromatic rings. The molecule has 0 unspecified atom stereocenters. The molecule has 7 nitrogen and oxygen atoms in total. The summed E-state index contributed by atoms with van der Waals surface area (Å²) < 4.78 is 0. The van der Waals surface area contributed by atoms with Crippen LogP contribution < -0.4 is 11.1 Å². The zero-order valence-electron chi connectivity index (χ0n) is 10.1. The van der Waals surface area contributed by atoms with Crippen molar-refractivity contribution >= 4 is 23.6 Å². The first-order valence-electron chi connectivity index (χ1n) is 5.68. The molecule has 0 aliphatic carbocycles. The third-order valence-electron chi connectivity index (χ3n) is 2.29. The molecule has 1 aromatic carbocycles. The van der Waals surface area contributed by atoms with Gasteiger partial charge in [-0.1, -0.05) is 18.2 Å². The number of nitrogens with two attached hydrogens (primary N) is 1. The quantitative estimate of drug-likeness (QED) is 0.739. The summed E-state index contributed by atoms with van der Waals surface area (Å²) in [6.45, 7) is 0. The predicted molar refractivity (Wildman–Crippen MR) is 69.9 cm³/mol. The lowest BCUT2D eigenvalue weighted by molar-refractivity contribution is -0.137. The fraction of sp³-hybridized carbons (Fsp3) is 0.167. The highest BCUT2D eigenvalue weighted by Crippen LogP contribution is 2.13. The van der Waals surface area contributed by atoms with Gasteiger partial charge in [0.25, 0.3) is 0 Å². The minimum Gasteiger partial charge on any atom is -0.481 e. The van der Waals surface area contributed by atoms with Crippen molar-refractivity contribution < 1.29 is 9.90 Å². The van der Waals surface area contributed by atoms with Crippen LogP contribution in [0.1, 0.15) is 12.2 Å². The number of aromatic nitrogens is 3. The number of carboxylic acid groups (broad SMARTS) is 1. The molecule has 0 bridgehead atoms. The van der Waals surface area contributed by atoms with Crippen molar-refractivity contribution in [2.75, 3.05) is 11.1 Å². The zero-order chi connectivity index (χ0) is 13.7. The van der Waals surface area contributed by atoms with E-state index in [-0.39, 0.29) is 18.8 Å². The number of carboxylic acids is 1. The third kappa shape index (κ3) is 3.91. The van der Waals surface area contributed by atoms with Crippen molar-refractivity contribution in [1.82, 2.24) is 15.0 Å². The fourth-order valence-corrected chi connectivity index (χ4v) is 1.48. The number of carbonyl (C=O) groups is 1. The van der Waals surface area contributed by atoms with Crippen molar-refractivity contribution in [1.29, 1.82) is 0 Å². The average molecular weight is 259 g/mol. The molecule has 1 aromatic heterocycles. The maximum Gasteiger partial charge on any atom is 0.303 e. The fourth-order valence-electron chi connectivity index (χ4n) is 1.48. The molecule has 7 heteroatoms. The van der Waals surface area contributed by atoms with Gasteiger partial charge in [0.05, 0.1) is 6.42 Å². The van der Waals surface area contributed by atoms with Crippen molar-refractivity contribution in [2.24, 2.45) is 0 Å². The van der Waals surface area contributed by atoms with Gasteiger partial charge in [-0.15, -0.1) is 0 Å². The Kier molecular flexibility index (Phi) is 3.87. The Morgan fingerprint density at radius 3 is 2.63 bits per heavy atom. The maximum atomic E-state index is 10.5. The van der Waals surface area contributed by atoms with Crippen LogP contribution in [0.5, 0.6) is 0 Å². The molecule has 0 saturated carbocycles.